The van der Waals surface area contributed by atoms with Crippen LogP contribution in [0.25, 0.3) is 16.8 Å². The maximum absolute atomic E-state index is 10.7. The Morgan fingerprint density at radius 3 is 2.61 bits per heavy atom. The number of aromatic nitrogens is 2. The Morgan fingerprint density at radius 2 is 2.00 bits per heavy atom. The molecule has 0 aliphatic rings. The van der Waals surface area contributed by atoms with E-state index in [9.17, 15) is 4.79 Å². The van der Waals surface area contributed by atoms with Crippen LogP contribution in [0.3, 0.4) is 0 Å². The van der Waals surface area contributed by atoms with Gasteiger partial charge in [-0.15, -0.1) is 11.3 Å². The smallest absolute Gasteiger partial charge is 0.160 e. The summed E-state index contributed by atoms with van der Waals surface area (Å²) in [5, 5.41) is 2.00. The second kappa shape index (κ2) is 4.58. The quantitative estimate of drug-likeness (QED) is 0.671. The highest BCUT2D eigenvalue weighted by molar-refractivity contribution is 7.12. The standard InChI is InChI=1S/C14H10N2OS/c17-8-14-7-12(9-18-14)11-1-3-13(4-2-11)16-6-5-15-10-16/h1-10H. The monoisotopic (exact) mass is 254 g/mol. The third-order valence-electron chi connectivity index (χ3n) is 2.74. The summed E-state index contributed by atoms with van der Waals surface area (Å²) < 4.78 is 1.95. The molecule has 0 aliphatic heterocycles. The van der Waals surface area contributed by atoms with Gasteiger partial charge in [0.2, 0.25) is 0 Å². The molecule has 1 aromatic carbocycles. The molecule has 3 nitrogen and oxygen atoms in total. The van der Waals surface area contributed by atoms with Crippen molar-refractivity contribution in [2.45, 2.75) is 0 Å². The number of thiophene rings is 1. The molecule has 3 rings (SSSR count). The Hall–Kier alpha value is -2.20. The van der Waals surface area contributed by atoms with Crippen molar-refractivity contribution in [3.8, 4) is 16.8 Å². The fourth-order valence-electron chi connectivity index (χ4n) is 1.80. The van der Waals surface area contributed by atoms with Gasteiger partial charge in [-0.3, -0.25) is 4.79 Å². The van der Waals surface area contributed by atoms with E-state index in [-0.39, 0.29) is 0 Å². The van der Waals surface area contributed by atoms with Gasteiger partial charge >= 0.3 is 0 Å². The van der Waals surface area contributed by atoms with E-state index in [0.717, 1.165) is 28.0 Å². The van der Waals surface area contributed by atoms with E-state index in [1.807, 2.05) is 46.5 Å². The normalized spacial score (nSPS) is 10.4. The van der Waals surface area contributed by atoms with Gasteiger partial charge in [-0.2, -0.15) is 0 Å². The van der Waals surface area contributed by atoms with Gasteiger partial charge in [-0.25, -0.2) is 4.98 Å². The van der Waals surface area contributed by atoms with E-state index >= 15 is 0 Å². The number of aldehydes is 1. The molecule has 0 saturated heterocycles. The van der Waals surface area contributed by atoms with Crippen molar-refractivity contribution in [3.63, 3.8) is 0 Å². The number of nitrogens with zero attached hydrogens (tertiary/aromatic N) is 2. The molecule has 0 amide bonds. The summed E-state index contributed by atoms with van der Waals surface area (Å²) in [6, 6.07) is 10.1. The number of rotatable bonds is 3. The van der Waals surface area contributed by atoms with Crippen LogP contribution in [0.2, 0.25) is 0 Å². The van der Waals surface area contributed by atoms with Crippen LogP contribution in [0.5, 0.6) is 0 Å². The minimum Gasteiger partial charge on any atom is -0.306 e. The third kappa shape index (κ3) is 1.98. The van der Waals surface area contributed by atoms with Crippen LogP contribution in [0.15, 0.2) is 54.4 Å². The van der Waals surface area contributed by atoms with E-state index in [0.29, 0.717) is 0 Å². The summed E-state index contributed by atoms with van der Waals surface area (Å²) in [5.41, 5.74) is 3.27. The van der Waals surface area contributed by atoms with Gasteiger partial charge in [0.1, 0.15) is 0 Å². The van der Waals surface area contributed by atoms with E-state index < -0.39 is 0 Å². The van der Waals surface area contributed by atoms with Crippen molar-refractivity contribution in [1.82, 2.24) is 9.55 Å². The molecule has 3 aromatic rings. The number of hydrogen-bond donors (Lipinski definition) is 0. The lowest BCUT2D eigenvalue weighted by Gasteiger charge is -2.03. The van der Waals surface area contributed by atoms with Crippen LogP contribution >= 0.6 is 11.3 Å². The molecule has 0 unspecified atom stereocenters. The van der Waals surface area contributed by atoms with Crippen LogP contribution < -0.4 is 0 Å². The lowest BCUT2D eigenvalue weighted by molar-refractivity contribution is 0.112. The first-order chi connectivity index (χ1) is 8.86. The van der Waals surface area contributed by atoms with Gasteiger partial charge in [-0.1, -0.05) is 12.1 Å². The second-order valence-electron chi connectivity index (χ2n) is 3.87. The summed E-state index contributed by atoms with van der Waals surface area (Å²) in [6.45, 7) is 0. The summed E-state index contributed by atoms with van der Waals surface area (Å²) in [6.07, 6.45) is 6.31. The minimum atomic E-state index is 0.753. The predicted octanol–water partition coefficient (Wildman–Crippen LogP) is 3.41. The zero-order valence-corrected chi connectivity index (χ0v) is 10.3. The molecule has 0 atom stereocenters. The van der Waals surface area contributed by atoms with Crippen LogP contribution in [-0.4, -0.2) is 15.8 Å². The van der Waals surface area contributed by atoms with Gasteiger partial charge in [0.25, 0.3) is 0 Å². The second-order valence-corrected chi connectivity index (χ2v) is 4.82. The highest BCUT2D eigenvalue weighted by Gasteiger charge is 2.02. The molecule has 2 aromatic heterocycles. The van der Waals surface area contributed by atoms with Gasteiger partial charge in [0, 0.05) is 18.1 Å². The molecule has 0 fully saturated rings. The van der Waals surface area contributed by atoms with Crippen molar-refractivity contribution in [3.05, 3.63) is 59.3 Å². The van der Waals surface area contributed by atoms with Crippen molar-refractivity contribution in [1.29, 1.82) is 0 Å². The van der Waals surface area contributed by atoms with E-state index in [4.69, 9.17) is 0 Å². The number of imidazole rings is 1. The van der Waals surface area contributed by atoms with Crippen LogP contribution in [0.1, 0.15) is 9.67 Å². The molecule has 88 valence electrons. The molecule has 0 aliphatic carbocycles. The summed E-state index contributed by atoms with van der Waals surface area (Å²) in [4.78, 5) is 15.4. The van der Waals surface area contributed by atoms with Crippen molar-refractivity contribution in [2.24, 2.45) is 0 Å². The van der Waals surface area contributed by atoms with Crippen LogP contribution in [0, 0.1) is 0 Å². The lowest BCUT2D eigenvalue weighted by atomic mass is 10.1. The Balaban J connectivity index is 1.93. The van der Waals surface area contributed by atoms with E-state index in [1.54, 1.807) is 12.5 Å². The van der Waals surface area contributed by atoms with E-state index in [2.05, 4.69) is 4.98 Å². The summed E-state index contributed by atoms with van der Waals surface area (Å²) in [7, 11) is 0. The average Bonchev–Trinajstić information content (AvgIpc) is 3.10. The maximum Gasteiger partial charge on any atom is 0.160 e. The molecule has 2 heterocycles. The topological polar surface area (TPSA) is 34.9 Å². The molecule has 18 heavy (non-hydrogen) atoms. The average molecular weight is 254 g/mol. The SMILES string of the molecule is O=Cc1cc(-c2ccc(-n3ccnc3)cc2)cs1. The molecule has 0 bridgehead atoms. The molecule has 0 radical (unpaired) electrons. The van der Waals surface area contributed by atoms with Gasteiger partial charge < -0.3 is 4.57 Å². The molecule has 0 N–H and O–H groups in total. The fraction of sp³-hybridized carbons (Fsp3) is 0. The first-order valence-electron chi connectivity index (χ1n) is 5.49. The zero-order valence-electron chi connectivity index (χ0n) is 9.48. The highest BCUT2D eigenvalue weighted by atomic mass is 32.1. The van der Waals surface area contributed by atoms with Gasteiger partial charge in [0.15, 0.2) is 6.29 Å². The number of benzene rings is 1. The fourth-order valence-corrected chi connectivity index (χ4v) is 2.52. The first kappa shape index (κ1) is 10.9. The lowest BCUT2D eigenvalue weighted by Crippen LogP contribution is -1.88. The molecular formula is C14H10N2OS. The Kier molecular flexibility index (Phi) is 2.78. The third-order valence-corrected chi connectivity index (χ3v) is 3.60. The predicted molar refractivity (Wildman–Crippen MR) is 72.3 cm³/mol. The number of hydrogen-bond acceptors (Lipinski definition) is 3. The van der Waals surface area contributed by atoms with Crippen LogP contribution in [-0.2, 0) is 0 Å². The minimum absolute atomic E-state index is 0.753. The van der Waals surface area contributed by atoms with Crippen molar-refractivity contribution in [2.75, 3.05) is 0 Å². The molecular weight excluding hydrogens is 244 g/mol. The van der Waals surface area contributed by atoms with Crippen LogP contribution in [0.4, 0.5) is 0 Å². The van der Waals surface area contributed by atoms with Crippen molar-refractivity contribution >= 4 is 17.6 Å². The summed E-state index contributed by atoms with van der Waals surface area (Å²) >= 11 is 1.46. The highest BCUT2D eigenvalue weighted by Crippen LogP contribution is 2.25. The van der Waals surface area contributed by atoms with Crippen molar-refractivity contribution < 1.29 is 4.79 Å². The molecule has 0 saturated carbocycles. The number of carbonyl (C=O) groups is 1. The summed E-state index contributed by atoms with van der Waals surface area (Å²) in [5.74, 6) is 0. The molecule has 0 spiro atoms. The maximum atomic E-state index is 10.7. The first-order valence-corrected chi connectivity index (χ1v) is 6.37. The number of carbonyl (C=O) groups excluding carboxylic acids is 1. The largest absolute Gasteiger partial charge is 0.306 e. The Labute approximate surface area is 108 Å². The van der Waals surface area contributed by atoms with Gasteiger partial charge in [-0.05, 0) is 34.7 Å². The Bertz CT molecular complexity index is 653. The van der Waals surface area contributed by atoms with Gasteiger partial charge in [0.05, 0.1) is 11.2 Å². The Morgan fingerprint density at radius 1 is 1.17 bits per heavy atom. The molecule has 4 heteroatoms. The zero-order chi connectivity index (χ0) is 12.4. The van der Waals surface area contributed by atoms with E-state index in [1.165, 1.54) is 11.3 Å².